The van der Waals surface area contributed by atoms with Gasteiger partial charge in [0.25, 0.3) is 5.91 Å². The van der Waals surface area contributed by atoms with E-state index in [0.717, 1.165) is 12.1 Å². The Hall–Kier alpha value is -1.29. The molecule has 0 saturated heterocycles. The number of hydrogen-bond donors (Lipinski definition) is 2. The fourth-order valence-electron chi connectivity index (χ4n) is 1.79. The van der Waals surface area contributed by atoms with Crippen molar-refractivity contribution < 1.29 is 4.79 Å². The molecule has 19 heavy (non-hydrogen) atoms. The first-order valence-corrected chi connectivity index (χ1v) is 6.74. The summed E-state index contributed by atoms with van der Waals surface area (Å²) in [5, 5.41) is 2.55. The van der Waals surface area contributed by atoms with Crippen LogP contribution in [-0.4, -0.2) is 22.8 Å². The van der Waals surface area contributed by atoms with Gasteiger partial charge in [-0.3, -0.25) is 9.59 Å². The van der Waals surface area contributed by atoms with Gasteiger partial charge in [0.05, 0.1) is 5.38 Å². The molecule has 0 aliphatic carbocycles. The lowest BCUT2D eigenvalue weighted by molar-refractivity contribution is 0.0950. The van der Waals surface area contributed by atoms with Crippen molar-refractivity contribution in [3.63, 3.8) is 0 Å². The highest BCUT2D eigenvalue weighted by atomic mass is 35.5. The van der Waals surface area contributed by atoms with Gasteiger partial charge in [-0.05, 0) is 18.8 Å². The molecule has 1 unspecified atom stereocenters. The van der Waals surface area contributed by atoms with Gasteiger partial charge in [0.2, 0.25) is 0 Å². The molecule has 1 atom stereocenters. The van der Waals surface area contributed by atoms with Gasteiger partial charge < -0.3 is 10.3 Å². The smallest absolute Gasteiger partial charge is 0.256 e. The van der Waals surface area contributed by atoms with Gasteiger partial charge >= 0.3 is 0 Å². The SMILES string of the molecule is Cc1cc(=O)c(C(=O)NCC(Cl)CC(C)(C)C)c[nH]1. The van der Waals surface area contributed by atoms with Gasteiger partial charge in [0.15, 0.2) is 5.43 Å². The van der Waals surface area contributed by atoms with Crippen LogP contribution in [0.1, 0.15) is 43.2 Å². The lowest BCUT2D eigenvalue weighted by Gasteiger charge is -2.21. The molecule has 1 aromatic rings. The van der Waals surface area contributed by atoms with E-state index in [1.54, 1.807) is 6.92 Å². The van der Waals surface area contributed by atoms with Crippen molar-refractivity contribution in [2.75, 3.05) is 6.54 Å². The number of amides is 1. The van der Waals surface area contributed by atoms with E-state index in [4.69, 9.17) is 11.6 Å². The Balaban J connectivity index is 2.59. The number of aromatic amines is 1. The Kier molecular flexibility index (Phi) is 5.18. The molecular weight excluding hydrogens is 264 g/mol. The van der Waals surface area contributed by atoms with E-state index in [2.05, 4.69) is 31.1 Å². The van der Waals surface area contributed by atoms with Gasteiger partial charge in [-0.25, -0.2) is 0 Å². The van der Waals surface area contributed by atoms with Gasteiger partial charge in [-0.2, -0.15) is 0 Å². The first-order chi connectivity index (χ1) is 8.69. The molecule has 0 aromatic carbocycles. The van der Waals surface area contributed by atoms with Crippen LogP contribution in [0.5, 0.6) is 0 Å². The van der Waals surface area contributed by atoms with E-state index in [1.165, 1.54) is 12.3 Å². The van der Waals surface area contributed by atoms with Gasteiger partial charge in [-0.1, -0.05) is 20.8 Å². The molecule has 106 valence electrons. The predicted molar refractivity (Wildman–Crippen MR) is 77.8 cm³/mol. The maximum absolute atomic E-state index is 11.9. The summed E-state index contributed by atoms with van der Waals surface area (Å²) in [6.45, 7) is 8.39. The van der Waals surface area contributed by atoms with E-state index >= 15 is 0 Å². The maximum Gasteiger partial charge on any atom is 0.256 e. The molecule has 5 heteroatoms. The lowest BCUT2D eigenvalue weighted by Crippen LogP contribution is -2.34. The van der Waals surface area contributed by atoms with Crippen LogP contribution in [0.2, 0.25) is 0 Å². The van der Waals surface area contributed by atoms with Crippen molar-refractivity contribution in [3.8, 4) is 0 Å². The second-order valence-corrected chi connectivity index (χ2v) is 6.58. The van der Waals surface area contributed by atoms with E-state index in [0.29, 0.717) is 6.54 Å². The fourth-order valence-corrected chi connectivity index (χ4v) is 2.33. The zero-order valence-electron chi connectivity index (χ0n) is 11.8. The van der Waals surface area contributed by atoms with Gasteiger partial charge in [0.1, 0.15) is 5.56 Å². The zero-order chi connectivity index (χ0) is 14.6. The maximum atomic E-state index is 11.9. The molecule has 1 aromatic heterocycles. The van der Waals surface area contributed by atoms with Crippen LogP contribution in [0, 0.1) is 12.3 Å². The summed E-state index contributed by atoms with van der Waals surface area (Å²) in [6, 6.07) is 1.41. The molecule has 4 nitrogen and oxygen atoms in total. The summed E-state index contributed by atoms with van der Waals surface area (Å²) < 4.78 is 0. The Morgan fingerprint density at radius 3 is 2.63 bits per heavy atom. The number of rotatable bonds is 4. The second kappa shape index (κ2) is 6.24. The minimum absolute atomic E-state index is 0.110. The summed E-state index contributed by atoms with van der Waals surface area (Å²) >= 11 is 6.16. The van der Waals surface area contributed by atoms with Crippen LogP contribution >= 0.6 is 11.6 Å². The normalized spacial score (nSPS) is 13.1. The predicted octanol–water partition coefficient (Wildman–Crippen LogP) is 2.46. The average Bonchev–Trinajstić information content (AvgIpc) is 2.23. The average molecular weight is 285 g/mol. The van der Waals surface area contributed by atoms with Crippen molar-refractivity contribution in [2.45, 2.75) is 39.5 Å². The van der Waals surface area contributed by atoms with Crippen molar-refractivity contribution in [3.05, 3.63) is 33.7 Å². The Bertz CT molecular complexity index is 503. The molecule has 1 amide bonds. The Morgan fingerprint density at radius 1 is 1.47 bits per heavy atom. The third-order valence-electron chi connectivity index (χ3n) is 2.62. The van der Waals surface area contributed by atoms with Crippen molar-refractivity contribution in [1.82, 2.24) is 10.3 Å². The molecule has 0 radical (unpaired) electrons. The minimum Gasteiger partial charge on any atom is -0.364 e. The Labute approximate surface area is 118 Å². The quantitative estimate of drug-likeness (QED) is 0.834. The van der Waals surface area contributed by atoms with Crippen molar-refractivity contribution in [1.29, 1.82) is 0 Å². The number of carbonyl (C=O) groups excluding carboxylic acids is 1. The first kappa shape index (κ1) is 15.8. The number of aryl methyl sites for hydroxylation is 1. The van der Waals surface area contributed by atoms with Crippen LogP contribution < -0.4 is 10.7 Å². The number of halogens is 1. The van der Waals surface area contributed by atoms with E-state index in [9.17, 15) is 9.59 Å². The van der Waals surface area contributed by atoms with Gasteiger partial charge in [-0.15, -0.1) is 11.6 Å². The molecule has 1 heterocycles. The van der Waals surface area contributed by atoms with Crippen LogP contribution in [0.3, 0.4) is 0 Å². The van der Waals surface area contributed by atoms with Crippen molar-refractivity contribution >= 4 is 17.5 Å². The summed E-state index contributed by atoms with van der Waals surface area (Å²) in [5.41, 5.74) is 0.670. The van der Waals surface area contributed by atoms with Crippen LogP contribution in [0.25, 0.3) is 0 Å². The van der Waals surface area contributed by atoms with E-state index < -0.39 is 0 Å². The number of hydrogen-bond acceptors (Lipinski definition) is 2. The van der Waals surface area contributed by atoms with Crippen LogP contribution in [0.4, 0.5) is 0 Å². The second-order valence-electron chi connectivity index (χ2n) is 5.97. The molecule has 0 saturated carbocycles. The molecule has 2 N–H and O–H groups in total. The number of nitrogens with one attached hydrogen (secondary N) is 2. The van der Waals surface area contributed by atoms with Crippen molar-refractivity contribution in [2.24, 2.45) is 5.41 Å². The lowest BCUT2D eigenvalue weighted by atomic mass is 9.90. The number of carbonyl (C=O) groups is 1. The summed E-state index contributed by atoms with van der Waals surface area (Å²) in [4.78, 5) is 26.4. The topological polar surface area (TPSA) is 62.0 Å². The van der Waals surface area contributed by atoms with Crippen LogP contribution in [0.15, 0.2) is 17.1 Å². The molecule has 0 spiro atoms. The molecular formula is C14H21ClN2O2. The number of pyridine rings is 1. The molecule has 0 fully saturated rings. The summed E-state index contributed by atoms with van der Waals surface area (Å²) in [7, 11) is 0. The van der Waals surface area contributed by atoms with Gasteiger partial charge in [0, 0.05) is 24.5 Å². The summed E-state index contributed by atoms with van der Waals surface area (Å²) in [5.74, 6) is -0.388. The van der Waals surface area contributed by atoms with E-state index in [1.807, 2.05) is 0 Å². The highest BCUT2D eigenvalue weighted by Crippen LogP contribution is 2.23. The molecule has 1 rings (SSSR count). The van der Waals surface area contributed by atoms with E-state index in [-0.39, 0.29) is 27.7 Å². The van der Waals surface area contributed by atoms with Crippen LogP contribution in [-0.2, 0) is 0 Å². The minimum atomic E-state index is -0.388. The summed E-state index contributed by atoms with van der Waals surface area (Å²) in [6.07, 6.45) is 2.22. The Morgan fingerprint density at radius 2 is 2.11 bits per heavy atom. The third kappa shape index (κ3) is 5.47. The number of alkyl halides is 1. The third-order valence-corrected chi connectivity index (χ3v) is 2.93. The molecule has 0 aliphatic rings. The first-order valence-electron chi connectivity index (χ1n) is 6.30. The largest absolute Gasteiger partial charge is 0.364 e. The highest BCUT2D eigenvalue weighted by molar-refractivity contribution is 6.21. The standard InChI is InChI=1S/C14H21ClN2O2/c1-9-5-12(18)11(8-16-9)13(19)17-7-10(15)6-14(2,3)4/h5,8,10H,6-7H2,1-4H3,(H,16,18)(H,17,19). The number of H-pyrrole nitrogens is 1. The number of aromatic nitrogens is 1. The molecule has 0 bridgehead atoms. The molecule has 0 aliphatic heterocycles. The zero-order valence-corrected chi connectivity index (χ0v) is 12.6. The monoisotopic (exact) mass is 284 g/mol. The highest BCUT2D eigenvalue weighted by Gasteiger charge is 2.18. The fraction of sp³-hybridized carbons (Fsp3) is 0.571.